The summed E-state index contributed by atoms with van der Waals surface area (Å²) in [6.45, 7) is 1.84. The molecule has 9 heteroatoms. The molecule has 0 unspecified atom stereocenters. The number of hydrogen-bond acceptors (Lipinski definition) is 6. The van der Waals surface area contributed by atoms with Crippen LogP contribution in [0.15, 0.2) is 119 Å². The van der Waals surface area contributed by atoms with Gasteiger partial charge in [-0.25, -0.2) is 9.36 Å². The minimum absolute atomic E-state index is 0.614. The Kier molecular flexibility index (Phi) is 6.23. The van der Waals surface area contributed by atoms with Gasteiger partial charge in [-0.05, 0) is 16.7 Å². The third-order valence-electron chi connectivity index (χ3n) is 5.95. The fourth-order valence-corrected chi connectivity index (χ4v) is 4.18. The van der Waals surface area contributed by atoms with Crippen molar-refractivity contribution >= 4 is 11.8 Å². The Balaban J connectivity index is 1.34. The molecule has 0 atom stereocenters. The molecule has 1 aliphatic heterocycles. The highest BCUT2D eigenvalue weighted by molar-refractivity contribution is 5.93. The molecular weight excluding hydrogens is 462 g/mol. The number of aromatic nitrogens is 6. The van der Waals surface area contributed by atoms with Crippen LogP contribution in [0.2, 0.25) is 0 Å². The Bertz CT molecular complexity index is 1500. The number of rotatable bonds is 8. The first kappa shape index (κ1) is 22.4. The van der Waals surface area contributed by atoms with Crippen LogP contribution in [0.5, 0.6) is 0 Å². The van der Waals surface area contributed by atoms with Gasteiger partial charge in [0.05, 0.1) is 36.2 Å². The monoisotopic (exact) mass is 486 g/mol. The van der Waals surface area contributed by atoms with Crippen LogP contribution in [0, 0.1) is 0 Å². The zero-order chi connectivity index (χ0) is 24.9. The fourth-order valence-electron chi connectivity index (χ4n) is 4.18. The van der Waals surface area contributed by atoms with E-state index in [4.69, 9.17) is 0 Å². The number of nitrogens with zero attached hydrogens (tertiary/aromatic N) is 9. The molecule has 0 saturated carbocycles. The van der Waals surface area contributed by atoms with Crippen LogP contribution in [0.1, 0.15) is 28.1 Å². The third kappa shape index (κ3) is 5.30. The second kappa shape index (κ2) is 10.3. The van der Waals surface area contributed by atoms with Crippen molar-refractivity contribution in [3.05, 3.63) is 137 Å². The Morgan fingerprint density at radius 2 is 1.11 bits per heavy atom. The van der Waals surface area contributed by atoms with Gasteiger partial charge in [0.1, 0.15) is 23.2 Å². The van der Waals surface area contributed by atoms with Crippen LogP contribution >= 0.6 is 0 Å². The van der Waals surface area contributed by atoms with Crippen molar-refractivity contribution in [1.29, 1.82) is 0 Å². The molecule has 0 radical (unpaired) electrons. The SMILES string of the molecule is C1=[N+](Cc2ccccc2)N=NC1=C(c1cn(Cc2ccccc2)nn1)c1cn(Cc2ccccc2)nn1. The Morgan fingerprint density at radius 3 is 1.62 bits per heavy atom. The van der Waals surface area contributed by atoms with Crippen molar-refractivity contribution in [1.82, 2.24) is 30.0 Å². The maximum absolute atomic E-state index is 4.47. The van der Waals surface area contributed by atoms with E-state index in [2.05, 4.69) is 67.4 Å². The lowest BCUT2D eigenvalue weighted by molar-refractivity contribution is -0.547. The number of allylic oxidation sites excluding steroid dienone is 1. The molecule has 1 aliphatic rings. The first-order valence-electron chi connectivity index (χ1n) is 12.0. The van der Waals surface area contributed by atoms with Gasteiger partial charge in [-0.1, -0.05) is 101 Å². The molecule has 0 aliphatic carbocycles. The lowest BCUT2D eigenvalue weighted by atomic mass is 10.1. The molecule has 0 fully saturated rings. The molecule has 0 saturated heterocycles. The molecule has 9 nitrogen and oxygen atoms in total. The van der Waals surface area contributed by atoms with Crippen LogP contribution in [-0.2, 0) is 19.6 Å². The van der Waals surface area contributed by atoms with Gasteiger partial charge in [-0.2, -0.15) is 0 Å². The van der Waals surface area contributed by atoms with E-state index in [1.165, 1.54) is 0 Å². The molecule has 0 bridgehead atoms. The van der Waals surface area contributed by atoms with Gasteiger partial charge >= 0.3 is 0 Å². The maximum atomic E-state index is 4.47. The van der Waals surface area contributed by atoms with Crippen LogP contribution in [0.25, 0.3) is 5.57 Å². The largest absolute Gasteiger partial charge is 0.256 e. The molecule has 3 heterocycles. The summed E-state index contributed by atoms with van der Waals surface area (Å²) in [4.78, 5) is 0. The second-order valence-corrected chi connectivity index (χ2v) is 8.74. The van der Waals surface area contributed by atoms with Crippen LogP contribution in [0.3, 0.4) is 0 Å². The summed E-state index contributed by atoms with van der Waals surface area (Å²) in [5.41, 5.74) is 6.14. The van der Waals surface area contributed by atoms with Crippen molar-refractivity contribution in [2.45, 2.75) is 19.6 Å². The predicted molar refractivity (Wildman–Crippen MR) is 138 cm³/mol. The summed E-state index contributed by atoms with van der Waals surface area (Å²) in [6.07, 6.45) is 5.73. The van der Waals surface area contributed by atoms with Gasteiger partial charge in [0.2, 0.25) is 0 Å². The quantitative estimate of drug-likeness (QED) is 0.304. The van der Waals surface area contributed by atoms with Crippen molar-refractivity contribution in [2.24, 2.45) is 10.3 Å². The highest BCUT2D eigenvalue weighted by atomic mass is 15.5. The zero-order valence-electron chi connectivity index (χ0n) is 20.0. The van der Waals surface area contributed by atoms with Gasteiger partial charge in [-0.3, -0.25) is 0 Å². The highest BCUT2D eigenvalue weighted by Gasteiger charge is 2.27. The summed E-state index contributed by atoms with van der Waals surface area (Å²) >= 11 is 0. The van der Waals surface area contributed by atoms with E-state index in [1.807, 2.05) is 87.3 Å². The smallest absolute Gasteiger partial charge is 0.247 e. The van der Waals surface area contributed by atoms with Crippen molar-refractivity contribution < 1.29 is 4.68 Å². The van der Waals surface area contributed by atoms with E-state index in [0.29, 0.717) is 36.7 Å². The van der Waals surface area contributed by atoms with E-state index in [0.717, 1.165) is 22.3 Å². The first-order chi connectivity index (χ1) is 18.3. The molecule has 5 aromatic rings. The van der Waals surface area contributed by atoms with Crippen LogP contribution in [-0.4, -0.2) is 40.9 Å². The molecule has 3 aromatic carbocycles. The standard InChI is InChI=1S/C28H24N9/c1-4-10-22(11-5-1)16-35-19-25(29-32-35)28(26-20-36(33-30-26)17-23-12-6-2-7-13-23)27-21-37(34-31-27)18-24-14-8-3-9-15-24/h1-15,19-21H,16-18H2/q+1. The Labute approximate surface area is 213 Å². The van der Waals surface area contributed by atoms with Crippen LogP contribution in [0.4, 0.5) is 0 Å². The minimum Gasteiger partial charge on any atom is -0.247 e. The van der Waals surface area contributed by atoms with Gasteiger partial charge in [0.25, 0.3) is 5.70 Å². The first-order valence-corrected chi connectivity index (χ1v) is 12.0. The number of hydrogen-bond donors (Lipinski definition) is 0. The molecule has 6 rings (SSSR count). The molecule has 0 spiro atoms. The average molecular weight is 487 g/mol. The zero-order valence-corrected chi connectivity index (χ0v) is 20.0. The molecular formula is C28H24N9+. The topological polar surface area (TPSA) is 89.1 Å². The number of benzene rings is 3. The minimum atomic E-state index is 0.614. The van der Waals surface area contributed by atoms with E-state index in [1.54, 1.807) is 0 Å². The predicted octanol–water partition coefficient (Wildman–Crippen LogP) is 4.39. The molecule has 0 amide bonds. The van der Waals surface area contributed by atoms with Gasteiger partial charge in [-0.15, -0.1) is 14.9 Å². The fraction of sp³-hybridized carbons (Fsp3) is 0.107. The Hall–Kier alpha value is -5.05. The van der Waals surface area contributed by atoms with Crippen molar-refractivity contribution in [3.8, 4) is 0 Å². The molecule has 0 N–H and O–H groups in total. The van der Waals surface area contributed by atoms with Crippen LogP contribution < -0.4 is 0 Å². The lowest BCUT2D eigenvalue weighted by Crippen LogP contribution is -2.03. The van der Waals surface area contributed by atoms with Gasteiger partial charge in [0, 0.05) is 0 Å². The van der Waals surface area contributed by atoms with Gasteiger partial charge < -0.3 is 0 Å². The van der Waals surface area contributed by atoms with E-state index in [-0.39, 0.29) is 0 Å². The molecule has 37 heavy (non-hydrogen) atoms. The van der Waals surface area contributed by atoms with E-state index >= 15 is 0 Å². The molecule has 2 aromatic heterocycles. The van der Waals surface area contributed by atoms with Gasteiger partial charge in [0.15, 0.2) is 6.21 Å². The van der Waals surface area contributed by atoms with Crippen molar-refractivity contribution in [2.75, 3.05) is 0 Å². The summed E-state index contributed by atoms with van der Waals surface area (Å²) in [7, 11) is 0. The van der Waals surface area contributed by atoms with E-state index in [9.17, 15) is 0 Å². The summed E-state index contributed by atoms with van der Waals surface area (Å²) in [5.74, 6) is 0. The highest BCUT2D eigenvalue weighted by Crippen LogP contribution is 2.26. The lowest BCUT2D eigenvalue weighted by Gasteiger charge is -2.00. The molecule has 180 valence electrons. The third-order valence-corrected chi connectivity index (χ3v) is 5.95. The normalized spacial score (nSPS) is 12.6. The maximum Gasteiger partial charge on any atom is 0.256 e. The Morgan fingerprint density at radius 1 is 0.622 bits per heavy atom. The average Bonchev–Trinajstić information content (AvgIpc) is 3.69. The summed E-state index contributed by atoms with van der Waals surface area (Å²) in [5, 5.41) is 26.5. The second-order valence-electron chi connectivity index (χ2n) is 8.74. The van der Waals surface area contributed by atoms with Crippen molar-refractivity contribution in [3.63, 3.8) is 0 Å². The summed E-state index contributed by atoms with van der Waals surface area (Å²) in [6, 6.07) is 30.5. The van der Waals surface area contributed by atoms with E-state index < -0.39 is 0 Å². The summed E-state index contributed by atoms with van der Waals surface area (Å²) < 4.78 is 5.44.